The fourth-order valence-corrected chi connectivity index (χ4v) is 2.50. The van der Waals surface area contributed by atoms with Crippen molar-refractivity contribution in [2.24, 2.45) is 5.92 Å². The highest BCUT2D eigenvalue weighted by Gasteiger charge is 2.19. The first-order valence-corrected chi connectivity index (χ1v) is 6.69. The molecule has 1 heteroatoms. The highest BCUT2D eigenvalue weighted by atomic mass is 14.9. The van der Waals surface area contributed by atoms with Crippen molar-refractivity contribution in [2.75, 3.05) is 6.54 Å². The van der Waals surface area contributed by atoms with Crippen LogP contribution in [-0.2, 0) is 0 Å². The largest absolute Gasteiger partial charge is 0.314 e. The van der Waals surface area contributed by atoms with Crippen molar-refractivity contribution in [3.63, 3.8) is 0 Å². The average molecular weight is 209 g/mol. The van der Waals surface area contributed by atoms with Gasteiger partial charge in [-0.2, -0.15) is 0 Å². The molecule has 1 saturated carbocycles. The molecule has 1 aliphatic rings. The minimum atomic E-state index is 0.804. The van der Waals surface area contributed by atoms with Crippen LogP contribution in [0.15, 0.2) is 12.7 Å². The van der Waals surface area contributed by atoms with Crippen LogP contribution in [0.3, 0.4) is 0 Å². The number of hydrogen-bond acceptors (Lipinski definition) is 1. The molecular weight excluding hydrogens is 182 g/mol. The standard InChI is InChI=1S/C14H27N/c1-3-4-5-6-9-12-15-14-11-8-7-10-13(14)2/h3,13-15H,1,4-12H2,2H3. The van der Waals surface area contributed by atoms with Crippen LogP contribution >= 0.6 is 0 Å². The Balaban J connectivity index is 1.96. The fourth-order valence-electron chi connectivity index (χ4n) is 2.50. The van der Waals surface area contributed by atoms with Gasteiger partial charge in [0, 0.05) is 6.04 Å². The minimum Gasteiger partial charge on any atom is -0.314 e. The summed E-state index contributed by atoms with van der Waals surface area (Å²) in [7, 11) is 0. The first-order chi connectivity index (χ1) is 7.34. The predicted octanol–water partition coefficient (Wildman–Crippen LogP) is 3.90. The average Bonchev–Trinajstić information content (AvgIpc) is 2.25. The molecule has 0 saturated heterocycles. The molecule has 15 heavy (non-hydrogen) atoms. The van der Waals surface area contributed by atoms with Crippen molar-refractivity contribution in [3.8, 4) is 0 Å². The van der Waals surface area contributed by atoms with Gasteiger partial charge in [0.25, 0.3) is 0 Å². The summed E-state index contributed by atoms with van der Waals surface area (Å²) in [6.07, 6.45) is 12.9. The molecule has 1 aliphatic carbocycles. The summed E-state index contributed by atoms with van der Waals surface area (Å²) in [6.45, 7) is 7.36. The van der Waals surface area contributed by atoms with Crippen molar-refractivity contribution in [2.45, 2.75) is 64.3 Å². The van der Waals surface area contributed by atoms with Crippen LogP contribution in [0.4, 0.5) is 0 Å². The second kappa shape index (κ2) is 7.92. The van der Waals surface area contributed by atoms with Crippen LogP contribution in [0, 0.1) is 5.92 Å². The van der Waals surface area contributed by atoms with E-state index in [-0.39, 0.29) is 0 Å². The predicted molar refractivity (Wildman–Crippen MR) is 68.1 cm³/mol. The molecule has 0 aromatic heterocycles. The summed E-state index contributed by atoms with van der Waals surface area (Å²) in [5, 5.41) is 3.72. The van der Waals surface area contributed by atoms with E-state index in [9.17, 15) is 0 Å². The molecule has 88 valence electrons. The number of hydrogen-bond donors (Lipinski definition) is 1. The quantitative estimate of drug-likeness (QED) is 0.495. The van der Waals surface area contributed by atoms with Crippen molar-refractivity contribution in [1.82, 2.24) is 5.32 Å². The lowest BCUT2D eigenvalue weighted by Gasteiger charge is -2.29. The normalized spacial score (nSPS) is 26.5. The highest BCUT2D eigenvalue weighted by Crippen LogP contribution is 2.23. The first kappa shape index (κ1) is 12.8. The molecule has 1 fully saturated rings. The van der Waals surface area contributed by atoms with Gasteiger partial charge in [-0.05, 0) is 44.6 Å². The summed E-state index contributed by atoms with van der Waals surface area (Å²) < 4.78 is 0. The summed E-state index contributed by atoms with van der Waals surface area (Å²) in [4.78, 5) is 0. The monoisotopic (exact) mass is 209 g/mol. The van der Waals surface area contributed by atoms with E-state index in [0.29, 0.717) is 0 Å². The van der Waals surface area contributed by atoms with Crippen molar-refractivity contribution < 1.29 is 0 Å². The van der Waals surface area contributed by atoms with E-state index in [1.54, 1.807) is 0 Å². The summed E-state index contributed by atoms with van der Waals surface area (Å²) in [5.74, 6) is 0.895. The van der Waals surface area contributed by atoms with Gasteiger partial charge in [0.2, 0.25) is 0 Å². The maximum absolute atomic E-state index is 3.75. The van der Waals surface area contributed by atoms with Crippen LogP contribution in [0.5, 0.6) is 0 Å². The zero-order valence-electron chi connectivity index (χ0n) is 10.3. The molecule has 0 aromatic rings. The van der Waals surface area contributed by atoms with Crippen molar-refractivity contribution >= 4 is 0 Å². The van der Waals surface area contributed by atoms with Gasteiger partial charge >= 0.3 is 0 Å². The van der Waals surface area contributed by atoms with Gasteiger partial charge in [-0.25, -0.2) is 0 Å². The molecular formula is C14H27N. The van der Waals surface area contributed by atoms with Gasteiger partial charge in [-0.3, -0.25) is 0 Å². The topological polar surface area (TPSA) is 12.0 Å². The summed E-state index contributed by atoms with van der Waals surface area (Å²) in [6, 6.07) is 0.804. The number of allylic oxidation sites excluding steroid dienone is 1. The molecule has 1 nitrogen and oxygen atoms in total. The van der Waals surface area contributed by atoms with E-state index >= 15 is 0 Å². The Morgan fingerprint density at radius 2 is 2.00 bits per heavy atom. The number of rotatable bonds is 7. The van der Waals surface area contributed by atoms with E-state index in [1.165, 1.54) is 57.9 Å². The molecule has 0 radical (unpaired) electrons. The van der Waals surface area contributed by atoms with Crippen molar-refractivity contribution in [3.05, 3.63) is 12.7 Å². The van der Waals surface area contributed by atoms with Gasteiger partial charge in [0.15, 0.2) is 0 Å². The third-order valence-corrected chi connectivity index (χ3v) is 3.60. The Morgan fingerprint density at radius 1 is 1.20 bits per heavy atom. The molecule has 1 N–H and O–H groups in total. The second-order valence-electron chi connectivity index (χ2n) is 4.96. The third-order valence-electron chi connectivity index (χ3n) is 3.60. The molecule has 2 atom stereocenters. The lowest BCUT2D eigenvalue weighted by atomic mass is 9.86. The number of nitrogens with one attached hydrogen (secondary N) is 1. The Labute approximate surface area is 95.3 Å². The molecule has 0 amide bonds. The van der Waals surface area contributed by atoms with E-state index < -0.39 is 0 Å². The second-order valence-corrected chi connectivity index (χ2v) is 4.96. The Kier molecular flexibility index (Phi) is 6.74. The maximum atomic E-state index is 3.75. The zero-order valence-corrected chi connectivity index (χ0v) is 10.3. The Bertz CT molecular complexity index is 165. The van der Waals surface area contributed by atoms with Gasteiger partial charge in [-0.1, -0.05) is 32.3 Å². The van der Waals surface area contributed by atoms with Gasteiger partial charge in [0.1, 0.15) is 0 Å². The van der Waals surface area contributed by atoms with E-state index in [0.717, 1.165) is 12.0 Å². The highest BCUT2D eigenvalue weighted by molar-refractivity contribution is 4.77. The molecule has 0 aromatic carbocycles. The lowest BCUT2D eigenvalue weighted by Crippen LogP contribution is -2.37. The van der Waals surface area contributed by atoms with Crippen LogP contribution in [0.1, 0.15) is 58.3 Å². The molecule has 2 unspecified atom stereocenters. The molecule has 0 spiro atoms. The molecule has 1 rings (SSSR count). The maximum Gasteiger partial charge on any atom is 0.00926 e. The lowest BCUT2D eigenvalue weighted by molar-refractivity contribution is 0.280. The van der Waals surface area contributed by atoms with Gasteiger partial charge < -0.3 is 5.32 Å². The van der Waals surface area contributed by atoms with Gasteiger partial charge in [-0.15, -0.1) is 6.58 Å². The molecule has 0 bridgehead atoms. The first-order valence-electron chi connectivity index (χ1n) is 6.69. The van der Waals surface area contributed by atoms with E-state index in [1.807, 2.05) is 6.08 Å². The van der Waals surface area contributed by atoms with Crippen LogP contribution in [-0.4, -0.2) is 12.6 Å². The minimum absolute atomic E-state index is 0.804. The van der Waals surface area contributed by atoms with E-state index in [4.69, 9.17) is 0 Å². The molecule has 0 heterocycles. The molecule has 0 aliphatic heterocycles. The summed E-state index contributed by atoms with van der Waals surface area (Å²) in [5.41, 5.74) is 0. The smallest absolute Gasteiger partial charge is 0.00926 e. The Hall–Kier alpha value is -0.300. The number of unbranched alkanes of at least 4 members (excludes halogenated alkanes) is 3. The fraction of sp³-hybridized carbons (Fsp3) is 0.857. The zero-order chi connectivity index (χ0) is 10.9. The summed E-state index contributed by atoms with van der Waals surface area (Å²) >= 11 is 0. The van der Waals surface area contributed by atoms with E-state index in [2.05, 4.69) is 18.8 Å². The SMILES string of the molecule is C=CCCCCCNC1CCCCC1C. The van der Waals surface area contributed by atoms with Crippen LogP contribution in [0.25, 0.3) is 0 Å². The van der Waals surface area contributed by atoms with Crippen molar-refractivity contribution in [1.29, 1.82) is 0 Å². The van der Waals surface area contributed by atoms with Crippen LogP contribution < -0.4 is 5.32 Å². The van der Waals surface area contributed by atoms with Crippen LogP contribution in [0.2, 0.25) is 0 Å². The van der Waals surface area contributed by atoms with Gasteiger partial charge in [0.05, 0.1) is 0 Å². The Morgan fingerprint density at radius 3 is 2.73 bits per heavy atom. The third kappa shape index (κ3) is 5.36.